The first-order chi connectivity index (χ1) is 27.3. The second-order valence-electron chi connectivity index (χ2n) is 18.5. The van der Waals surface area contributed by atoms with Gasteiger partial charge in [-0.2, -0.15) is 0 Å². The van der Waals surface area contributed by atoms with Crippen molar-refractivity contribution in [1.82, 2.24) is 20.4 Å². The van der Waals surface area contributed by atoms with Crippen molar-refractivity contribution in [1.29, 1.82) is 0 Å². The number of carbonyl (C=O) groups is 2. The summed E-state index contributed by atoms with van der Waals surface area (Å²) < 4.78 is 37.8. The molecule has 0 radical (unpaired) electrons. The van der Waals surface area contributed by atoms with Gasteiger partial charge in [0.2, 0.25) is 0 Å². The zero-order chi connectivity index (χ0) is 44.8. The smallest absolute Gasteiger partial charge is 0.314 e. The monoisotopic (exact) mass is 849 g/mol. The molecule has 3 rings (SSSR count). The van der Waals surface area contributed by atoms with E-state index in [1.165, 1.54) is 14.0 Å². The average Bonchev–Trinajstić information content (AvgIpc) is 3.15. The summed E-state index contributed by atoms with van der Waals surface area (Å²) in [6, 6.07) is -1.35. The zero-order valence-electron chi connectivity index (χ0n) is 38.2. The van der Waals surface area contributed by atoms with Crippen LogP contribution in [0.4, 0.5) is 4.79 Å². The van der Waals surface area contributed by atoms with Gasteiger partial charge in [-0.1, -0.05) is 20.8 Å². The van der Waals surface area contributed by atoms with Crippen LogP contribution < -0.4 is 10.6 Å². The van der Waals surface area contributed by atoms with Gasteiger partial charge in [-0.05, 0) is 94.7 Å². The van der Waals surface area contributed by atoms with Crippen LogP contribution in [-0.4, -0.2) is 185 Å². The number of esters is 1. The predicted octanol–water partition coefficient (Wildman–Crippen LogP) is 1.59. The maximum Gasteiger partial charge on any atom is 0.314 e. The fourth-order valence-corrected chi connectivity index (χ4v) is 9.43. The molecule has 3 aliphatic heterocycles. The van der Waals surface area contributed by atoms with Crippen molar-refractivity contribution in [2.75, 3.05) is 47.4 Å². The minimum atomic E-state index is -1.91. The quantitative estimate of drug-likeness (QED) is 0.147. The van der Waals surface area contributed by atoms with Crippen molar-refractivity contribution in [3.63, 3.8) is 0 Å². The maximum atomic E-state index is 14.4. The van der Waals surface area contributed by atoms with E-state index >= 15 is 0 Å². The molecule has 346 valence electrons. The fourth-order valence-electron chi connectivity index (χ4n) is 9.43. The Morgan fingerprint density at radius 3 is 2.17 bits per heavy atom. The van der Waals surface area contributed by atoms with Crippen molar-refractivity contribution < 1.29 is 63.5 Å². The Bertz CT molecular complexity index is 1330. The molecule has 0 saturated carbocycles. The van der Waals surface area contributed by atoms with Gasteiger partial charge in [-0.15, -0.1) is 0 Å². The van der Waals surface area contributed by atoms with E-state index in [0.717, 1.165) is 0 Å². The van der Waals surface area contributed by atoms with Gasteiger partial charge in [0.1, 0.15) is 30.0 Å². The lowest BCUT2D eigenvalue weighted by molar-refractivity contribution is -0.318. The Kier molecular flexibility index (Phi) is 18.9. The molecule has 0 bridgehead atoms. The number of aliphatic hydroxyl groups excluding tert-OH is 3. The summed E-state index contributed by atoms with van der Waals surface area (Å²) in [7, 11) is 5.24. The van der Waals surface area contributed by atoms with Crippen LogP contribution >= 0.6 is 0 Å². The third-order valence-electron chi connectivity index (χ3n) is 13.1. The second-order valence-corrected chi connectivity index (χ2v) is 18.5. The van der Waals surface area contributed by atoms with Crippen LogP contribution in [-0.2, 0) is 33.2 Å². The highest BCUT2D eigenvalue weighted by atomic mass is 16.7. The molecule has 2 amide bonds. The third kappa shape index (κ3) is 12.7. The van der Waals surface area contributed by atoms with Gasteiger partial charge in [-0.3, -0.25) is 9.69 Å². The molecule has 18 atom stereocenters. The lowest BCUT2D eigenvalue weighted by Crippen LogP contribution is -2.60. The standard InChI is InChI=1S/C42H80N4O13/c1-15-30-42(11,53)34(48)27(7)46(18-17-44-39(51)43-16-2)22-23(3)20-40(9,52)36(59-38-32(47)29(45(12)13)19-24(4)55-38)25(5)33(26(6)37(50)57-30)58-31-21-41(10,54-14)35(49)28(8)56-31/h23-36,38,47-49,52-53H,15-22H2,1-14H3,(H2,43,44,51)/t23-,24-,25-,26-,27-,28+,29+,30-,31-,32-,33-,34-,35+,36+,38+,40-,41-,42-/m1/s1. The average molecular weight is 849 g/mol. The van der Waals surface area contributed by atoms with Gasteiger partial charge in [0.15, 0.2) is 12.6 Å². The highest BCUT2D eigenvalue weighted by Crippen LogP contribution is 2.40. The molecule has 7 N–H and O–H groups in total. The van der Waals surface area contributed by atoms with Gasteiger partial charge in [0.05, 0.1) is 41.5 Å². The van der Waals surface area contributed by atoms with E-state index in [1.54, 1.807) is 48.5 Å². The second kappa shape index (κ2) is 21.6. The van der Waals surface area contributed by atoms with E-state index in [-0.39, 0.29) is 49.9 Å². The Morgan fingerprint density at radius 1 is 0.949 bits per heavy atom. The molecular weight excluding hydrogens is 768 g/mol. The van der Waals surface area contributed by atoms with E-state index in [0.29, 0.717) is 26.1 Å². The van der Waals surface area contributed by atoms with Crippen LogP contribution in [0.5, 0.6) is 0 Å². The van der Waals surface area contributed by atoms with Crippen LogP contribution in [0.15, 0.2) is 0 Å². The van der Waals surface area contributed by atoms with Crippen molar-refractivity contribution >= 4 is 12.0 Å². The summed E-state index contributed by atoms with van der Waals surface area (Å²) in [6.45, 7) is 20.5. The Hall–Kier alpha value is -1.74. The van der Waals surface area contributed by atoms with Gasteiger partial charge >= 0.3 is 12.0 Å². The van der Waals surface area contributed by atoms with E-state index in [9.17, 15) is 35.1 Å². The molecule has 0 aliphatic carbocycles. The number of carbonyl (C=O) groups excluding carboxylic acids is 2. The molecule has 3 aliphatic rings. The van der Waals surface area contributed by atoms with Gasteiger partial charge < -0.3 is 69.5 Å². The highest BCUT2D eigenvalue weighted by Gasteiger charge is 2.53. The van der Waals surface area contributed by atoms with Crippen LogP contribution in [0.3, 0.4) is 0 Å². The SMILES string of the molecule is CCNC(=O)NCCN1C[C@H](C)C[C@@](C)(O)[C@@H](O[C@@H]2O[C@H](C)C[C@H](N(C)C)[C@H]2O)[C@H](C)[C@@H](O[C@@H]2C[C@@](C)(OC)[C@@H](O)[C@H](C)O2)[C@@H](C)C(=O)O[C@H](CC)[C@@](C)(O)[C@H](O)[C@H]1C. The van der Waals surface area contributed by atoms with Gasteiger partial charge in [0.25, 0.3) is 0 Å². The van der Waals surface area contributed by atoms with Crippen molar-refractivity contribution in [2.45, 2.75) is 192 Å². The topological polar surface area (TPSA) is 221 Å². The maximum absolute atomic E-state index is 14.4. The lowest BCUT2D eigenvalue weighted by Gasteiger charge is -2.48. The Labute approximate surface area is 352 Å². The van der Waals surface area contributed by atoms with Gasteiger partial charge in [0, 0.05) is 57.7 Å². The molecule has 3 fully saturated rings. The number of methoxy groups -OCH3 is 1. The summed E-state index contributed by atoms with van der Waals surface area (Å²) in [5, 5.41) is 64.8. The van der Waals surface area contributed by atoms with Crippen molar-refractivity contribution in [3.8, 4) is 0 Å². The predicted molar refractivity (Wildman–Crippen MR) is 220 cm³/mol. The molecule has 0 aromatic rings. The number of rotatable bonds is 11. The summed E-state index contributed by atoms with van der Waals surface area (Å²) in [4.78, 5) is 30.6. The van der Waals surface area contributed by atoms with Gasteiger partial charge in [-0.25, -0.2) is 4.79 Å². The molecule has 0 aromatic carbocycles. The number of nitrogens with zero attached hydrogens (tertiary/aromatic N) is 2. The minimum Gasteiger partial charge on any atom is -0.459 e. The molecular formula is C42H80N4O13. The molecule has 0 aromatic heterocycles. The zero-order valence-corrected chi connectivity index (χ0v) is 38.2. The van der Waals surface area contributed by atoms with Crippen molar-refractivity contribution in [3.05, 3.63) is 0 Å². The number of urea groups is 1. The molecule has 3 heterocycles. The number of cyclic esters (lactones) is 1. The molecule has 17 heteroatoms. The van der Waals surface area contributed by atoms with Crippen LogP contribution in [0.2, 0.25) is 0 Å². The number of aliphatic hydroxyl groups is 5. The molecule has 0 spiro atoms. The van der Waals surface area contributed by atoms with Crippen LogP contribution in [0.25, 0.3) is 0 Å². The van der Waals surface area contributed by atoms with Crippen LogP contribution in [0, 0.1) is 17.8 Å². The molecule has 0 unspecified atom stereocenters. The summed E-state index contributed by atoms with van der Waals surface area (Å²) in [5.74, 6) is -2.87. The van der Waals surface area contributed by atoms with Crippen molar-refractivity contribution in [2.24, 2.45) is 17.8 Å². The number of ether oxygens (including phenoxy) is 6. The van der Waals surface area contributed by atoms with Crippen LogP contribution in [0.1, 0.15) is 102 Å². The number of hydrogen-bond acceptors (Lipinski definition) is 15. The first-order valence-corrected chi connectivity index (χ1v) is 21.6. The fraction of sp³-hybridized carbons (Fsp3) is 0.952. The third-order valence-corrected chi connectivity index (χ3v) is 13.1. The summed E-state index contributed by atoms with van der Waals surface area (Å²) in [5.41, 5.74) is -4.61. The number of amides is 2. The number of nitrogens with one attached hydrogen (secondary N) is 2. The molecule has 59 heavy (non-hydrogen) atoms. The normalized spacial score (nSPS) is 44.9. The van der Waals surface area contributed by atoms with E-state index in [2.05, 4.69) is 10.6 Å². The van der Waals surface area contributed by atoms with E-state index < -0.39 is 96.0 Å². The highest BCUT2D eigenvalue weighted by molar-refractivity contribution is 5.73. The summed E-state index contributed by atoms with van der Waals surface area (Å²) >= 11 is 0. The first kappa shape index (κ1) is 51.6. The lowest BCUT2D eigenvalue weighted by atomic mass is 9.77. The largest absolute Gasteiger partial charge is 0.459 e. The number of likely N-dealkylation sites (N-methyl/N-ethyl adjacent to an activating group) is 1. The molecule has 17 nitrogen and oxygen atoms in total. The summed E-state index contributed by atoms with van der Waals surface area (Å²) in [6.07, 6.45) is -8.97. The van der Waals surface area contributed by atoms with E-state index in [4.69, 9.17) is 28.4 Å². The number of hydrogen-bond donors (Lipinski definition) is 7. The Balaban J connectivity index is 2.19. The Morgan fingerprint density at radius 2 is 1.59 bits per heavy atom. The molecule has 3 saturated heterocycles. The minimum absolute atomic E-state index is 0.104. The van der Waals surface area contributed by atoms with E-state index in [1.807, 2.05) is 44.7 Å². The first-order valence-electron chi connectivity index (χ1n) is 21.6.